The Balaban J connectivity index is 1.27. The summed E-state index contributed by atoms with van der Waals surface area (Å²) in [6.45, 7) is 10.9. The standard InChI is InChI=1S/C29H44N8O2/c1-5-29(9-6-21(7-10-29)34-28(38)24-17-39-13-11-32-24)18-37-25-8-12-36(16-23(25)20(3)35-37)26-14-19(2)33-27(31-4)22(26)15-30/h14-15,21,24,30,32H,5-13,16-18H2,1-4H3,(H,31,33)(H,34,38)/t21?,24-,29?/m0/s1. The fourth-order valence-corrected chi connectivity index (χ4v) is 6.61. The Labute approximate surface area is 231 Å². The summed E-state index contributed by atoms with van der Waals surface area (Å²) in [6, 6.07) is 2.09. The first-order valence-corrected chi connectivity index (χ1v) is 14.5. The van der Waals surface area contributed by atoms with Crippen molar-refractivity contribution in [2.24, 2.45) is 5.41 Å². The zero-order valence-electron chi connectivity index (χ0n) is 23.9. The Morgan fingerprint density at radius 2 is 2.13 bits per heavy atom. The lowest BCUT2D eigenvalue weighted by molar-refractivity contribution is -0.127. The first-order valence-electron chi connectivity index (χ1n) is 14.5. The predicted molar refractivity (Wildman–Crippen MR) is 154 cm³/mol. The lowest BCUT2D eigenvalue weighted by atomic mass is 9.70. The number of aromatic nitrogens is 3. The van der Waals surface area contributed by atoms with Crippen molar-refractivity contribution in [1.29, 1.82) is 5.41 Å². The zero-order chi connectivity index (χ0) is 27.6. The summed E-state index contributed by atoms with van der Waals surface area (Å²) < 4.78 is 7.76. The van der Waals surface area contributed by atoms with Crippen LogP contribution in [0.1, 0.15) is 67.2 Å². The van der Waals surface area contributed by atoms with Crippen LogP contribution in [0.2, 0.25) is 0 Å². The maximum Gasteiger partial charge on any atom is 0.239 e. The van der Waals surface area contributed by atoms with E-state index in [1.807, 2.05) is 14.0 Å². The minimum absolute atomic E-state index is 0.0717. The summed E-state index contributed by atoms with van der Waals surface area (Å²) in [6.07, 6.45) is 7.64. The fourth-order valence-electron chi connectivity index (χ4n) is 6.61. The number of anilines is 2. The van der Waals surface area contributed by atoms with Crippen LogP contribution in [0.25, 0.3) is 0 Å². The van der Waals surface area contributed by atoms with Crippen LogP contribution in [0.3, 0.4) is 0 Å². The van der Waals surface area contributed by atoms with Gasteiger partial charge < -0.3 is 31.0 Å². The SMILES string of the molecule is CCC1(Cn2nc(C)c3c2CCN(c2cc(C)nc(NC)c2C=N)C3)CCC(NC(=O)[C@@H]2COCCN2)CC1. The Bertz CT molecular complexity index is 1190. The van der Waals surface area contributed by atoms with Gasteiger partial charge in [-0.15, -0.1) is 0 Å². The van der Waals surface area contributed by atoms with Crippen molar-refractivity contribution in [3.8, 4) is 0 Å². The molecule has 4 heterocycles. The molecule has 2 aromatic rings. The highest BCUT2D eigenvalue weighted by Gasteiger charge is 2.37. The number of pyridine rings is 1. The molecule has 2 aromatic heterocycles. The highest BCUT2D eigenvalue weighted by Crippen LogP contribution is 2.42. The monoisotopic (exact) mass is 536 g/mol. The number of morpholine rings is 1. The van der Waals surface area contributed by atoms with Gasteiger partial charge in [0.05, 0.1) is 30.2 Å². The molecule has 0 spiro atoms. The molecule has 1 atom stereocenters. The molecule has 10 nitrogen and oxygen atoms in total. The minimum atomic E-state index is -0.231. The molecule has 2 aliphatic heterocycles. The average Bonchev–Trinajstić information content (AvgIpc) is 3.27. The molecule has 2 fully saturated rings. The molecule has 0 unspecified atom stereocenters. The second-order valence-electron chi connectivity index (χ2n) is 11.5. The van der Waals surface area contributed by atoms with Crippen LogP contribution in [-0.4, -0.2) is 72.3 Å². The van der Waals surface area contributed by atoms with E-state index in [1.165, 1.54) is 17.5 Å². The molecule has 5 rings (SSSR count). The van der Waals surface area contributed by atoms with E-state index in [-0.39, 0.29) is 23.4 Å². The number of rotatable bonds is 8. The molecular weight excluding hydrogens is 492 g/mol. The normalized spacial score (nSPS) is 25.2. The molecular formula is C29H44N8O2. The van der Waals surface area contributed by atoms with Crippen LogP contribution in [0.4, 0.5) is 11.5 Å². The number of fused-ring (bicyclic) bond motifs is 1. The topological polar surface area (TPSA) is 120 Å². The van der Waals surface area contributed by atoms with E-state index in [0.29, 0.717) is 13.2 Å². The summed E-state index contributed by atoms with van der Waals surface area (Å²) in [4.78, 5) is 19.6. The Hall–Kier alpha value is -2.98. The molecule has 1 amide bonds. The summed E-state index contributed by atoms with van der Waals surface area (Å²) in [5.41, 5.74) is 6.79. The van der Waals surface area contributed by atoms with Gasteiger partial charge in [0.2, 0.25) is 5.91 Å². The summed E-state index contributed by atoms with van der Waals surface area (Å²) in [5.74, 6) is 0.820. The van der Waals surface area contributed by atoms with Crippen LogP contribution >= 0.6 is 0 Å². The second kappa shape index (κ2) is 11.6. The molecule has 1 saturated carbocycles. The van der Waals surface area contributed by atoms with E-state index in [1.54, 1.807) is 0 Å². The van der Waals surface area contributed by atoms with Gasteiger partial charge in [0.25, 0.3) is 0 Å². The molecule has 10 heteroatoms. The van der Waals surface area contributed by atoms with Gasteiger partial charge >= 0.3 is 0 Å². The van der Waals surface area contributed by atoms with Crippen molar-refractivity contribution in [1.82, 2.24) is 25.4 Å². The number of hydrogen-bond acceptors (Lipinski definition) is 8. The van der Waals surface area contributed by atoms with Gasteiger partial charge in [-0.2, -0.15) is 5.10 Å². The predicted octanol–water partition coefficient (Wildman–Crippen LogP) is 2.94. The minimum Gasteiger partial charge on any atom is -0.378 e. The van der Waals surface area contributed by atoms with E-state index in [0.717, 1.165) is 93.2 Å². The lowest BCUT2D eigenvalue weighted by Gasteiger charge is -2.41. The van der Waals surface area contributed by atoms with Crippen molar-refractivity contribution in [2.75, 3.05) is 43.6 Å². The van der Waals surface area contributed by atoms with Gasteiger partial charge in [-0.25, -0.2) is 4.98 Å². The van der Waals surface area contributed by atoms with Gasteiger partial charge in [-0.3, -0.25) is 9.48 Å². The van der Waals surface area contributed by atoms with E-state index in [9.17, 15) is 4.79 Å². The number of nitrogens with one attached hydrogen (secondary N) is 4. The third-order valence-electron chi connectivity index (χ3n) is 9.09. The molecule has 39 heavy (non-hydrogen) atoms. The molecule has 0 aromatic carbocycles. The molecule has 1 saturated heterocycles. The quantitative estimate of drug-likeness (QED) is 0.383. The van der Waals surface area contributed by atoms with Crippen molar-refractivity contribution < 1.29 is 9.53 Å². The van der Waals surface area contributed by atoms with Gasteiger partial charge in [-0.05, 0) is 57.4 Å². The van der Waals surface area contributed by atoms with Crippen LogP contribution in [0.5, 0.6) is 0 Å². The molecule has 0 radical (unpaired) electrons. The number of carbonyl (C=O) groups excluding carboxylic acids is 1. The van der Waals surface area contributed by atoms with Crippen molar-refractivity contribution >= 4 is 23.6 Å². The van der Waals surface area contributed by atoms with Crippen LogP contribution in [0, 0.1) is 24.7 Å². The lowest BCUT2D eigenvalue weighted by Crippen LogP contribution is -2.54. The number of hydrogen-bond donors (Lipinski definition) is 4. The smallest absolute Gasteiger partial charge is 0.239 e. The summed E-state index contributed by atoms with van der Waals surface area (Å²) >= 11 is 0. The van der Waals surface area contributed by atoms with Crippen LogP contribution in [0.15, 0.2) is 6.07 Å². The first-order chi connectivity index (χ1) is 18.9. The maximum absolute atomic E-state index is 12.7. The largest absolute Gasteiger partial charge is 0.378 e. The molecule has 212 valence electrons. The fraction of sp³-hybridized carbons (Fsp3) is 0.655. The van der Waals surface area contributed by atoms with Crippen LogP contribution in [-0.2, 0) is 29.0 Å². The molecule has 3 aliphatic rings. The highest BCUT2D eigenvalue weighted by atomic mass is 16.5. The third kappa shape index (κ3) is 5.68. The van der Waals surface area contributed by atoms with Crippen LogP contribution < -0.4 is 20.9 Å². The van der Waals surface area contributed by atoms with E-state index in [4.69, 9.17) is 15.2 Å². The zero-order valence-corrected chi connectivity index (χ0v) is 23.9. The number of aryl methyl sites for hydroxylation is 2. The molecule has 4 N–H and O–H groups in total. The van der Waals surface area contributed by atoms with Crippen molar-refractivity contribution in [2.45, 2.75) is 84.5 Å². The molecule has 0 bridgehead atoms. The number of ether oxygens (including phenoxy) is 1. The third-order valence-corrected chi connectivity index (χ3v) is 9.09. The van der Waals surface area contributed by atoms with Gasteiger partial charge in [0.1, 0.15) is 11.9 Å². The second-order valence-corrected chi connectivity index (χ2v) is 11.5. The summed E-state index contributed by atoms with van der Waals surface area (Å²) in [7, 11) is 1.86. The van der Waals surface area contributed by atoms with Gasteiger partial charge in [0.15, 0.2) is 0 Å². The molecule has 1 aliphatic carbocycles. The first kappa shape index (κ1) is 27.6. The Kier molecular flexibility index (Phi) is 8.23. The maximum atomic E-state index is 12.7. The average molecular weight is 537 g/mol. The number of amides is 1. The van der Waals surface area contributed by atoms with Gasteiger partial charge in [0, 0.05) is 68.9 Å². The van der Waals surface area contributed by atoms with E-state index in [2.05, 4.69) is 50.4 Å². The highest BCUT2D eigenvalue weighted by molar-refractivity contribution is 5.92. The number of nitrogens with zero attached hydrogens (tertiary/aromatic N) is 4. The number of carbonyl (C=O) groups is 1. The van der Waals surface area contributed by atoms with Gasteiger partial charge in [-0.1, -0.05) is 6.92 Å². The summed E-state index contributed by atoms with van der Waals surface area (Å²) in [5, 5.41) is 22.8. The Morgan fingerprint density at radius 1 is 1.33 bits per heavy atom. The van der Waals surface area contributed by atoms with E-state index >= 15 is 0 Å². The van der Waals surface area contributed by atoms with E-state index < -0.39 is 0 Å². The Morgan fingerprint density at radius 3 is 2.79 bits per heavy atom. The van der Waals surface area contributed by atoms with Crippen molar-refractivity contribution in [3.05, 3.63) is 34.3 Å². The van der Waals surface area contributed by atoms with Crippen molar-refractivity contribution in [3.63, 3.8) is 0 Å².